The fourth-order valence-electron chi connectivity index (χ4n) is 3.49. The van der Waals surface area contributed by atoms with Crippen LogP contribution in [0.5, 0.6) is 5.75 Å². The quantitative estimate of drug-likeness (QED) is 0.730. The summed E-state index contributed by atoms with van der Waals surface area (Å²) in [6.45, 7) is 0.372. The van der Waals surface area contributed by atoms with Gasteiger partial charge in [0.15, 0.2) is 0 Å². The molecule has 136 valence electrons. The molecular weight excluding hydrogens is 354 g/mol. The smallest absolute Gasteiger partial charge is 0.254 e. The first kappa shape index (κ1) is 18.3. The topological polar surface area (TPSA) is 69.7 Å². The van der Waals surface area contributed by atoms with Crippen LogP contribution in [0.4, 0.5) is 0 Å². The van der Waals surface area contributed by atoms with E-state index in [-0.39, 0.29) is 5.91 Å². The molecule has 2 atom stereocenters. The van der Waals surface area contributed by atoms with E-state index >= 15 is 0 Å². The van der Waals surface area contributed by atoms with Crippen molar-refractivity contribution in [2.24, 2.45) is 0 Å². The number of methoxy groups -OCH3 is 1. The molecule has 2 aromatic carbocycles. The number of amides is 1. The Morgan fingerprint density at radius 3 is 2.50 bits per heavy atom. The number of alkyl halides is 1. The highest BCUT2D eigenvalue weighted by Gasteiger charge is 2.40. The van der Waals surface area contributed by atoms with Crippen LogP contribution in [0.25, 0.3) is 0 Å². The molecule has 0 bridgehead atoms. The molecule has 0 radical (unpaired) electrons. The minimum atomic E-state index is -1.21. The number of hydrogen-bond donors (Lipinski definition) is 0. The molecule has 0 fully saturated rings. The summed E-state index contributed by atoms with van der Waals surface area (Å²) in [5, 5.41) is 12.1. The summed E-state index contributed by atoms with van der Waals surface area (Å²) in [5.74, 6) is -1.30. The van der Waals surface area contributed by atoms with Crippen molar-refractivity contribution in [1.82, 2.24) is 4.90 Å². The summed E-state index contributed by atoms with van der Waals surface area (Å²) >= 11 is 5.82. The molecule has 0 aliphatic carbocycles. The van der Waals surface area contributed by atoms with Crippen LogP contribution in [0.2, 0.25) is 0 Å². The lowest BCUT2D eigenvalue weighted by Crippen LogP contribution is -2.48. The first-order valence-electron chi connectivity index (χ1n) is 8.39. The molecule has 0 saturated carbocycles. The van der Waals surface area contributed by atoms with E-state index in [1.807, 2.05) is 0 Å². The average Bonchev–Trinajstić information content (AvgIpc) is 2.67. The first-order chi connectivity index (χ1) is 12.6. The summed E-state index contributed by atoms with van der Waals surface area (Å²) in [6.07, 6.45) is 0.571. The van der Waals surface area contributed by atoms with Gasteiger partial charge in [0.1, 0.15) is 5.75 Å². The van der Waals surface area contributed by atoms with Crippen LogP contribution in [-0.2, 0) is 4.79 Å². The number of carbonyl (C=O) groups excluding carboxylic acids is 2. The van der Waals surface area contributed by atoms with Gasteiger partial charge in [0.25, 0.3) is 5.91 Å². The number of aliphatic carboxylic acids is 1. The van der Waals surface area contributed by atoms with E-state index in [1.165, 1.54) is 0 Å². The predicted molar refractivity (Wildman–Crippen MR) is 96.3 cm³/mol. The number of carboxylic acid groups (broad SMARTS) is 1. The molecule has 0 aromatic heterocycles. The SMILES string of the molecule is COc1ccc([C@@H]2[C@H](C(=O)[O-])c3ccccc3C(=O)N2CCCCl)cc1. The summed E-state index contributed by atoms with van der Waals surface area (Å²) in [4.78, 5) is 26.7. The number of rotatable bonds is 6. The second kappa shape index (κ2) is 7.79. The van der Waals surface area contributed by atoms with Gasteiger partial charge in [-0.3, -0.25) is 4.79 Å². The van der Waals surface area contributed by atoms with Crippen molar-refractivity contribution in [3.8, 4) is 5.75 Å². The van der Waals surface area contributed by atoms with Gasteiger partial charge in [0.2, 0.25) is 0 Å². The number of carboxylic acids is 1. The van der Waals surface area contributed by atoms with Gasteiger partial charge in [-0.25, -0.2) is 0 Å². The first-order valence-corrected chi connectivity index (χ1v) is 8.92. The highest BCUT2D eigenvalue weighted by molar-refractivity contribution is 6.17. The second-order valence-electron chi connectivity index (χ2n) is 6.14. The summed E-state index contributed by atoms with van der Waals surface area (Å²) in [6, 6.07) is 13.2. The zero-order valence-electron chi connectivity index (χ0n) is 14.4. The number of carbonyl (C=O) groups is 2. The minimum Gasteiger partial charge on any atom is -0.549 e. The number of hydrogen-bond acceptors (Lipinski definition) is 4. The lowest BCUT2D eigenvalue weighted by Gasteiger charge is -2.43. The molecule has 0 saturated heterocycles. The van der Waals surface area contributed by atoms with Gasteiger partial charge >= 0.3 is 0 Å². The lowest BCUT2D eigenvalue weighted by molar-refractivity contribution is -0.309. The van der Waals surface area contributed by atoms with Crippen molar-refractivity contribution < 1.29 is 19.4 Å². The monoisotopic (exact) mass is 372 g/mol. The summed E-state index contributed by atoms with van der Waals surface area (Å²) in [7, 11) is 1.56. The zero-order valence-corrected chi connectivity index (χ0v) is 15.1. The largest absolute Gasteiger partial charge is 0.549 e. The molecule has 2 aromatic rings. The maximum Gasteiger partial charge on any atom is 0.254 e. The van der Waals surface area contributed by atoms with Crippen molar-refractivity contribution in [2.75, 3.05) is 19.5 Å². The van der Waals surface area contributed by atoms with Crippen LogP contribution >= 0.6 is 11.6 Å². The minimum absolute atomic E-state index is 0.191. The lowest BCUT2D eigenvalue weighted by atomic mass is 9.79. The maximum atomic E-state index is 13.0. The van der Waals surface area contributed by atoms with Crippen molar-refractivity contribution in [3.63, 3.8) is 0 Å². The van der Waals surface area contributed by atoms with Gasteiger partial charge in [-0.1, -0.05) is 30.3 Å². The number of nitrogens with zero attached hydrogens (tertiary/aromatic N) is 1. The second-order valence-corrected chi connectivity index (χ2v) is 6.52. The molecule has 26 heavy (non-hydrogen) atoms. The van der Waals surface area contributed by atoms with E-state index < -0.39 is 17.9 Å². The molecule has 3 rings (SSSR count). The molecule has 1 aliphatic rings. The molecule has 1 heterocycles. The van der Waals surface area contributed by atoms with Crippen LogP contribution in [0, 0.1) is 0 Å². The number of benzene rings is 2. The fraction of sp³-hybridized carbons (Fsp3) is 0.300. The van der Waals surface area contributed by atoms with E-state index in [0.717, 1.165) is 5.56 Å². The molecule has 1 aliphatic heterocycles. The Labute approximate surface area is 157 Å². The third kappa shape index (κ3) is 3.27. The molecule has 0 unspecified atom stereocenters. The third-order valence-electron chi connectivity index (χ3n) is 4.68. The Balaban J connectivity index is 2.14. The van der Waals surface area contributed by atoms with Crippen molar-refractivity contribution in [2.45, 2.75) is 18.4 Å². The number of ether oxygens (including phenoxy) is 1. The Bertz CT molecular complexity index is 806. The van der Waals surface area contributed by atoms with Crippen LogP contribution in [0.1, 0.15) is 39.9 Å². The Morgan fingerprint density at radius 2 is 1.88 bits per heavy atom. The average molecular weight is 373 g/mol. The fourth-order valence-corrected chi connectivity index (χ4v) is 3.61. The maximum absolute atomic E-state index is 13.0. The van der Waals surface area contributed by atoms with E-state index in [1.54, 1.807) is 60.5 Å². The number of halogens is 1. The highest BCUT2D eigenvalue weighted by Crippen LogP contribution is 2.42. The predicted octanol–water partition coefficient (Wildman–Crippen LogP) is 2.35. The zero-order chi connectivity index (χ0) is 18.7. The van der Waals surface area contributed by atoms with Gasteiger partial charge in [0.05, 0.1) is 19.1 Å². The van der Waals surface area contributed by atoms with Gasteiger partial charge in [0, 0.05) is 23.9 Å². The van der Waals surface area contributed by atoms with E-state index in [2.05, 4.69) is 0 Å². The molecule has 6 heteroatoms. The van der Waals surface area contributed by atoms with Gasteiger partial charge in [-0.2, -0.15) is 0 Å². The number of fused-ring (bicyclic) bond motifs is 1. The summed E-state index contributed by atoms with van der Waals surface area (Å²) in [5.41, 5.74) is 1.61. The van der Waals surface area contributed by atoms with Gasteiger partial charge in [-0.05, 0) is 35.7 Å². The normalized spacial score (nSPS) is 19.2. The molecule has 0 N–H and O–H groups in total. The molecule has 0 spiro atoms. The van der Waals surface area contributed by atoms with Crippen molar-refractivity contribution in [1.29, 1.82) is 0 Å². The van der Waals surface area contributed by atoms with Gasteiger partial charge < -0.3 is 19.5 Å². The van der Waals surface area contributed by atoms with Crippen LogP contribution in [0.15, 0.2) is 48.5 Å². The van der Waals surface area contributed by atoms with Crippen LogP contribution < -0.4 is 9.84 Å². The van der Waals surface area contributed by atoms with Gasteiger partial charge in [-0.15, -0.1) is 11.6 Å². The standard InChI is InChI=1S/C20H20ClNO4/c1-26-14-9-7-13(8-10-14)18-17(20(24)25)15-5-2-3-6-16(15)19(23)22(18)12-4-11-21/h2-3,5-10,17-18H,4,11-12H2,1H3,(H,24,25)/p-1/t17-,18-/m1/s1. The van der Waals surface area contributed by atoms with Crippen LogP contribution in [-0.4, -0.2) is 36.3 Å². The van der Waals surface area contributed by atoms with E-state index in [9.17, 15) is 14.7 Å². The Morgan fingerprint density at radius 1 is 1.19 bits per heavy atom. The van der Waals surface area contributed by atoms with Crippen molar-refractivity contribution >= 4 is 23.5 Å². The summed E-state index contributed by atoms with van der Waals surface area (Å²) < 4.78 is 5.17. The molecule has 5 nitrogen and oxygen atoms in total. The van der Waals surface area contributed by atoms with Crippen molar-refractivity contribution in [3.05, 3.63) is 65.2 Å². The molecular formula is C20H19ClNO4-. The Kier molecular flexibility index (Phi) is 5.47. The van der Waals surface area contributed by atoms with E-state index in [4.69, 9.17) is 16.3 Å². The Hall–Kier alpha value is -2.53. The van der Waals surface area contributed by atoms with Crippen LogP contribution in [0.3, 0.4) is 0 Å². The van der Waals surface area contributed by atoms with E-state index in [0.29, 0.717) is 35.7 Å². The highest BCUT2D eigenvalue weighted by atomic mass is 35.5. The third-order valence-corrected chi connectivity index (χ3v) is 4.95. The molecule has 1 amide bonds.